The molecule has 0 aliphatic carbocycles. The second-order valence-electron chi connectivity index (χ2n) is 9.22. The Bertz CT molecular complexity index is 808. The van der Waals surface area contributed by atoms with Gasteiger partial charge in [0, 0.05) is 49.8 Å². The summed E-state index contributed by atoms with van der Waals surface area (Å²) in [6.45, 7) is 3.04. The van der Waals surface area contributed by atoms with E-state index in [4.69, 9.17) is 26.8 Å². The van der Waals surface area contributed by atoms with Gasteiger partial charge in [-0.2, -0.15) is 0 Å². The van der Waals surface area contributed by atoms with Crippen molar-refractivity contribution in [2.24, 2.45) is 11.7 Å². The molecule has 4 atom stereocenters. The first-order valence-corrected chi connectivity index (χ1v) is 12.9. The second-order valence-corrected chi connectivity index (χ2v) is 9.66. The number of carbonyl (C=O) groups is 2. The Labute approximate surface area is 213 Å². The van der Waals surface area contributed by atoms with Crippen LogP contribution < -0.4 is 16.4 Å². The van der Waals surface area contributed by atoms with E-state index in [-0.39, 0.29) is 30.2 Å². The Morgan fingerprint density at radius 3 is 2.86 bits per heavy atom. The van der Waals surface area contributed by atoms with Crippen molar-refractivity contribution in [2.45, 2.75) is 56.8 Å². The predicted molar refractivity (Wildman–Crippen MR) is 134 cm³/mol. The third kappa shape index (κ3) is 8.83. The number of benzene rings is 1. The first-order valence-electron chi connectivity index (χ1n) is 12.6. The third-order valence-electron chi connectivity index (χ3n) is 6.64. The minimum Gasteiger partial charge on any atom is -0.453 e. The van der Waals surface area contributed by atoms with Gasteiger partial charge in [-0.25, -0.2) is 9.59 Å². The zero-order valence-electron chi connectivity index (χ0n) is 20.5. The fourth-order valence-electron chi connectivity index (χ4n) is 4.83. The van der Waals surface area contributed by atoms with Crippen LogP contribution in [0.2, 0.25) is 5.02 Å². The monoisotopic (exact) mass is 510 g/mol. The molecule has 1 aromatic carbocycles. The lowest BCUT2D eigenvalue weighted by atomic mass is 9.88. The summed E-state index contributed by atoms with van der Waals surface area (Å²) in [6, 6.07) is 7.39. The Hall–Kier alpha value is -2.07. The smallest absolute Gasteiger partial charge is 0.406 e. The van der Waals surface area contributed by atoms with Crippen molar-refractivity contribution in [3.05, 3.63) is 34.9 Å². The van der Waals surface area contributed by atoms with Crippen molar-refractivity contribution < 1.29 is 23.8 Å². The number of ether oxygens (including phenoxy) is 3. The molecule has 1 aromatic rings. The lowest BCUT2D eigenvalue weighted by molar-refractivity contribution is -0.00926. The van der Waals surface area contributed by atoms with E-state index in [1.165, 1.54) is 7.11 Å². The molecule has 2 aliphatic heterocycles. The minimum atomic E-state index is -0.499. The lowest BCUT2D eigenvalue weighted by Gasteiger charge is -2.38. The van der Waals surface area contributed by atoms with Crippen LogP contribution in [0.25, 0.3) is 0 Å². The van der Waals surface area contributed by atoms with E-state index >= 15 is 0 Å². The number of methoxy groups -OCH3 is 1. The van der Waals surface area contributed by atoms with Crippen molar-refractivity contribution >= 4 is 23.7 Å². The molecule has 9 nitrogen and oxygen atoms in total. The third-order valence-corrected chi connectivity index (χ3v) is 6.87. The Kier molecular flexibility index (Phi) is 11.4. The summed E-state index contributed by atoms with van der Waals surface area (Å²) in [5.74, 6) is 0.0871. The summed E-state index contributed by atoms with van der Waals surface area (Å²) in [7, 11) is 1.32. The van der Waals surface area contributed by atoms with E-state index < -0.39 is 6.09 Å². The number of hydrogen-bond acceptors (Lipinski definition) is 6. The van der Waals surface area contributed by atoms with Crippen molar-refractivity contribution in [3.63, 3.8) is 0 Å². The van der Waals surface area contributed by atoms with Crippen LogP contribution in [0.4, 0.5) is 9.59 Å². The van der Waals surface area contributed by atoms with Gasteiger partial charge >= 0.3 is 12.1 Å². The number of alkyl carbamates (subject to hydrolysis) is 1. The molecule has 2 aliphatic rings. The van der Waals surface area contributed by atoms with Gasteiger partial charge < -0.3 is 35.5 Å². The molecule has 0 saturated carbocycles. The van der Waals surface area contributed by atoms with Gasteiger partial charge in [0.05, 0.1) is 25.9 Å². The zero-order chi connectivity index (χ0) is 25.0. The molecule has 3 rings (SSSR count). The highest BCUT2D eigenvalue weighted by molar-refractivity contribution is 6.30. The van der Waals surface area contributed by atoms with Gasteiger partial charge in [-0.15, -0.1) is 0 Å². The number of amides is 3. The van der Waals surface area contributed by atoms with Crippen LogP contribution in [-0.4, -0.2) is 75.7 Å². The maximum Gasteiger partial charge on any atom is 0.406 e. The Morgan fingerprint density at radius 1 is 1.29 bits per heavy atom. The number of rotatable bonds is 10. The molecule has 2 heterocycles. The molecule has 0 radical (unpaired) electrons. The average Bonchev–Trinajstić information content (AvgIpc) is 2.88. The molecule has 0 aromatic heterocycles. The SMILES string of the molecule is COC(=O)NCCOC(c1cccc(Cl)c1)C1CCCN(C(=O)NC(CN)CC2CCCCO2)C1. The van der Waals surface area contributed by atoms with Crippen LogP contribution in [0.1, 0.15) is 50.2 Å². The number of piperidine rings is 1. The molecular formula is C25H39ClN4O5. The first-order chi connectivity index (χ1) is 17.0. The van der Waals surface area contributed by atoms with Gasteiger partial charge in [-0.3, -0.25) is 0 Å². The van der Waals surface area contributed by atoms with Gasteiger partial charge in [-0.1, -0.05) is 23.7 Å². The number of nitrogens with zero attached hydrogens (tertiary/aromatic N) is 1. The molecule has 196 valence electrons. The molecule has 3 amide bonds. The summed E-state index contributed by atoms with van der Waals surface area (Å²) < 4.78 is 16.7. The van der Waals surface area contributed by atoms with Crippen LogP contribution in [0.15, 0.2) is 24.3 Å². The number of nitrogens with two attached hydrogens (primary N) is 1. The second kappa shape index (κ2) is 14.5. The predicted octanol–water partition coefficient (Wildman–Crippen LogP) is 3.46. The average molecular weight is 511 g/mol. The Balaban J connectivity index is 1.60. The fourth-order valence-corrected chi connectivity index (χ4v) is 5.03. The normalized spacial score (nSPS) is 22.2. The van der Waals surface area contributed by atoms with Crippen molar-refractivity contribution in [1.29, 1.82) is 0 Å². The van der Waals surface area contributed by atoms with E-state index in [0.717, 1.165) is 50.7 Å². The van der Waals surface area contributed by atoms with E-state index in [1.54, 1.807) is 0 Å². The van der Waals surface area contributed by atoms with Gasteiger partial charge in [0.1, 0.15) is 0 Å². The standard InChI is InChI=1S/C25H39ClN4O5/c1-33-25(32)28-10-13-35-23(18-6-4-8-20(26)14-18)19-7-5-11-30(17-19)24(31)29-21(16-27)15-22-9-2-3-12-34-22/h4,6,8,14,19,21-23H,2-3,5,7,9-13,15-17,27H2,1H3,(H,28,32)(H,29,31). The molecule has 2 saturated heterocycles. The van der Waals surface area contributed by atoms with Crippen molar-refractivity contribution in [2.75, 3.05) is 46.5 Å². The number of nitrogens with one attached hydrogen (secondary N) is 2. The summed E-state index contributed by atoms with van der Waals surface area (Å²) >= 11 is 6.26. The molecule has 10 heteroatoms. The largest absolute Gasteiger partial charge is 0.453 e. The highest BCUT2D eigenvalue weighted by atomic mass is 35.5. The Morgan fingerprint density at radius 2 is 2.14 bits per heavy atom. The van der Waals surface area contributed by atoms with Gasteiger partial charge in [0.2, 0.25) is 0 Å². The number of likely N-dealkylation sites (tertiary alicyclic amines) is 1. The highest BCUT2D eigenvalue weighted by Crippen LogP contribution is 2.34. The van der Waals surface area contributed by atoms with E-state index in [2.05, 4.69) is 15.4 Å². The van der Waals surface area contributed by atoms with Crippen LogP contribution in [0.5, 0.6) is 0 Å². The molecular weight excluding hydrogens is 472 g/mol. The number of urea groups is 1. The van der Waals surface area contributed by atoms with Crippen LogP contribution in [-0.2, 0) is 14.2 Å². The van der Waals surface area contributed by atoms with Gasteiger partial charge in [0.15, 0.2) is 0 Å². The number of carbonyl (C=O) groups excluding carboxylic acids is 2. The summed E-state index contributed by atoms with van der Waals surface area (Å²) in [5.41, 5.74) is 6.93. The molecule has 2 fully saturated rings. The van der Waals surface area contributed by atoms with Gasteiger partial charge in [0.25, 0.3) is 0 Å². The molecule has 4 N–H and O–H groups in total. The summed E-state index contributed by atoms with van der Waals surface area (Å²) in [6.07, 6.45) is 5.20. The topological polar surface area (TPSA) is 115 Å². The van der Waals surface area contributed by atoms with Crippen LogP contribution >= 0.6 is 11.6 Å². The first kappa shape index (κ1) is 27.5. The molecule has 35 heavy (non-hydrogen) atoms. The van der Waals surface area contributed by atoms with Crippen molar-refractivity contribution in [1.82, 2.24) is 15.5 Å². The van der Waals surface area contributed by atoms with E-state index in [9.17, 15) is 9.59 Å². The molecule has 4 unspecified atom stereocenters. The summed E-state index contributed by atoms with van der Waals surface area (Å²) in [4.78, 5) is 26.3. The lowest BCUT2D eigenvalue weighted by Crippen LogP contribution is -2.52. The van der Waals surface area contributed by atoms with E-state index in [1.807, 2.05) is 29.2 Å². The fraction of sp³-hybridized carbons (Fsp3) is 0.680. The molecule has 0 bridgehead atoms. The maximum absolute atomic E-state index is 13.1. The summed E-state index contributed by atoms with van der Waals surface area (Å²) in [5, 5.41) is 6.38. The van der Waals surface area contributed by atoms with Crippen LogP contribution in [0, 0.1) is 5.92 Å². The number of halogens is 1. The number of hydrogen-bond donors (Lipinski definition) is 3. The zero-order valence-corrected chi connectivity index (χ0v) is 21.3. The molecule has 0 spiro atoms. The minimum absolute atomic E-state index is 0.0871. The van der Waals surface area contributed by atoms with Gasteiger partial charge in [-0.05, 0) is 56.2 Å². The quantitative estimate of drug-likeness (QED) is 0.415. The van der Waals surface area contributed by atoms with E-state index in [0.29, 0.717) is 37.8 Å². The van der Waals surface area contributed by atoms with Crippen molar-refractivity contribution in [3.8, 4) is 0 Å². The highest BCUT2D eigenvalue weighted by Gasteiger charge is 2.32. The van der Waals surface area contributed by atoms with Crippen LogP contribution in [0.3, 0.4) is 0 Å². The maximum atomic E-state index is 13.1.